The Labute approximate surface area is 180 Å². The van der Waals surface area contributed by atoms with Crippen molar-refractivity contribution < 1.29 is 4.39 Å². The number of nitrogens with one attached hydrogen (secondary N) is 3. The van der Waals surface area contributed by atoms with E-state index in [1.165, 1.54) is 0 Å². The van der Waals surface area contributed by atoms with Crippen molar-refractivity contribution in [2.75, 3.05) is 17.7 Å². The number of benzene rings is 1. The first kappa shape index (κ1) is 21.1. The van der Waals surface area contributed by atoms with Crippen molar-refractivity contribution in [3.05, 3.63) is 36.5 Å². The van der Waals surface area contributed by atoms with Crippen molar-refractivity contribution in [2.45, 2.75) is 57.4 Å². The molecule has 3 heterocycles. The van der Waals surface area contributed by atoms with Crippen molar-refractivity contribution in [3.63, 3.8) is 0 Å². The predicted octanol–water partition coefficient (Wildman–Crippen LogP) is 3.41. The maximum absolute atomic E-state index is 15.3. The number of H-pyrrole nitrogens is 1. The van der Waals surface area contributed by atoms with E-state index in [2.05, 4.69) is 60.0 Å². The molecular formula is C21H28FN9. The van der Waals surface area contributed by atoms with E-state index in [-0.39, 0.29) is 11.6 Å². The smallest absolute Gasteiger partial charge is 0.229 e. The summed E-state index contributed by atoms with van der Waals surface area (Å²) in [6.45, 7) is 8.16. The van der Waals surface area contributed by atoms with Crippen LogP contribution in [-0.2, 0) is 0 Å². The quantitative estimate of drug-likeness (QED) is 0.571. The zero-order chi connectivity index (χ0) is 22.2. The number of hydrogen-bond donors (Lipinski definition) is 3. The molecule has 2 unspecified atom stereocenters. The van der Waals surface area contributed by atoms with Gasteiger partial charge >= 0.3 is 0 Å². The molecule has 1 fully saturated rings. The lowest BCUT2D eigenvalue weighted by Gasteiger charge is -2.55. The third kappa shape index (κ3) is 4.20. The highest BCUT2D eigenvalue weighted by Crippen LogP contribution is 2.39. The van der Waals surface area contributed by atoms with Gasteiger partial charge in [-0.25, -0.2) is 14.5 Å². The molecule has 1 aliphatic rings. The fraction of sp³-hybridized carbons (Fsp3) is 0.476. The minimum absolute atomic E-state index is 0.145. The SMILES string of the molecule is CN1C(C)(C)CC(Nc2ccnc(Nc3cccc(-c4nnn[nH]4)c3)n2)C(F)C1(C)C. The standard InChI is InChI=1S/C21H28FN9/c1-20(2)12-15(17(22)21(3,4)31(20)5)25-16-9-10-23-19(26-16)24-14-8-6-7-13(11-14)18-27-29-30-28-18/h6-11,15,17H,12H2,1-5H3,(H2,23,24,25,26)(H,27,28,29,30). The van der Waals surface area contributed by atoms with E-state index in [1.807, 2.05) is 45.2 Å². The number of nitrogens with zero attached hydrogens (tertiary/aromatic N) is 6. The maximum Gasteiger partial charge on any atom is 0.229 e. The van der Waals surface area contributed by atoms with Crippen LogP contribution in [0, 0.1) is 0 Å². The highest BCUT2D eigenvalue weighted by molar-refractivity contribution is 5.64. The summed E-state index contributed by atoms with van der Waals surface area (Å²) in [7, 11) is 1.98. The summed E-state index contributed by atoms with van der Waals surface area (Å²) < 4.78 is 15.3. The van der Waals surface area contributed by atoms with Crippen LogP contribution in [0.3, 0.4) is 0 Å². The Kier molecular flexibility index (Phi) is 5.34. The van der Waals surface area contributed by atoms with E-state index < -0.39 is 11.7 Å². The highest BCUT2D eigenvalue weighted by Gasteiger charge is 2.50. The first-order chi connectivity index (χ1) is 14.7. The Morgan fingerprint density at radius 1 is 1.19 bits per heavy atom. The van der Waals surface area contributed by atoms with Gasteiger partial charge in [0, 0.05) is 28.5 Å². The molecule has 2 atom stereocenters. The Morgan fingerprint density at radius 2 is 2.00 bits per heavy atom. The summed E-state index contributed by atoms with van der Waals surface area (Å²) in [6.07, 6.45) is 1.26. The number of aromatic amines is 1. The van der Waals surface area contributed by atoms with Crippen LogP contribution in [0.2, 0.25) is 0 Å². The summed E-state index contributed by atoms with van der Waals surface area (Å²) in [5.74, 6) is 1.57. The zero-order valence-electron chi connectivity index (χ0n) is 18.4. The second kappa shape index (κ2) is 7.84. The van der Waals surface area contributed by atoms with E-state index in [0.29, 0.717) is 24.0 Å². The van der Waals surface area contributed by atoms with Crippen LogP contribution in [0.5, 0.6) is 0 Å². The van der Waals surface area contributed by atoms with Crippen LogP contribution in [0.4, 0.5) is 21.8 Å². The minimum atomic E-state index is -1.05. The third-order valence-corrected chi connectivity index (χ3v) is 6.25. The van der Waals surface area contributed by atoms with Gasteiger partial charge in [0.15, 0.2) is 5.82 Å². The van der Waals surface area contributed by atoms with E-state index in [0.717, 1.165) is 11.3 Å². The van der Waals surface area contributed by atoms with Crippen LogP contribution in [-0.4, -0.2) is 65.8 Å². The van der Waals surface area contributed by atoms with Gasteiger partial charge in [-0.15, -0.1) is 5.10 Å². The normalized spacial score (nSPS) is 22.8. The fourth-order valence-corrected chi connectivity index (χ4v) is 4.20. The number of hydrogen-bond acceptors (Lipinski definition) is 8. The average Bonchev–Trinajstić information content (AvgIpc) is 3.26. The second-order valence-electron chi connectivity index (χ2n) is 9.10. The summed E-state index contributed by atoms with van der Waals surface area (Å²) >= 11 is 0. The summed E-state index contributed by atoms with van der Waals surface area (Å²) in [5, 5.41) is 20.4. The highest BCUT2D eigenvalue weighted by atomic mass is 19.1. The molecule has 31 heavy (non-hydrogen) atoms. The van der Waals surface area contributed by atoms with Crippen molar-refractivity contribution in [1.82, 2.24) is 35.5 Å². The monoisotopic (exact) mass is 425 g/mol. The lowest BCUT2D eigenvalue weighted by atomic mass is 9.76. The van der Waals surface area contributed by atoms with Gasteiger partial charge in [-0.1, -0.05) is 12.1 Å². The van der Waals surface area contributed by atoms with Gasteiger partial charge in [-0.05, 0) is 69.8 Å². The lowest BCUT2D eigenvalue weighted by Crippen LogP contribution is -2.67. The van der Waals surface area contributed by atoms with Crippen molar-refractivity contribution in [2.24, 2.45) is 0 Å². The van der Waals surface area contributed by atoms with Crippen molar-refractivity contribution in [3.8, 4) is 11.4 Å². The largest absolute Gasteiger partial charge is 0.364 e. The van der Waals surface area contributed by atoms with Crippen molar-refractivity contribution >= 4 is 17.5 Å². The molecule has 9 nitrogen and oxygen atoms in total. The third-order valence-electron chi connectivity index (χ3n) is 6.25. The minimum Gasteiger partial charge on any atom is -0.364 e. The molecule has 3 aromatic rings. The second-order valence-corrected chi connectivity index (χ2v) is 9.10. The number of halogens is 1. The van der Waals surface area contributed by atoms with Gasteiger partial charge in [-0.3, -0.25) is 4.90 Å². The van der Waals surface area contributed by atoms with Gasteiger partial charge in [-0.2, -0.15) is 4.98 Å². The first-order valence-electron chi connectivity index (χ1n) is 10.3. The first-order valence-corrected chi connectivity index (χ1v) is 10.3. The summed E-state index contributed by atoms with van der Waals surface area (Å²) in [6, 6.07) is 8.98. The molecule has 164 valence electrons. The molecule has 1 saturated heterocycles. The fourth-order valence-electron chi connectivity index (χ4n) is 4.20. The molecule has 0 aliphatic carbocycles. The van der Waals surface area contributed by atoms with Crippen LogP contribution in [0.1, 0.15) is 34.1 Å². The summed E-state index contributed by atoms with van der Waals surface area (Å²) in [5.41, 5.74) is 0.883. The Morgan fingerprint density at radius 3 is 2.74 bits per heavy atom. The molecule has 1 aliphatic heterocycles. The van der Waals surface area contributed by atoms with Crippen LogP contribution in [0.25, 0.3) is 11.4 Å². The molecule has 1 aromatic carbocycles. The van der Waals surface area contributed by atoms with E-state index in [1.54, 1.807) is 12.3 Å². The summed E-state index contributed by atoms with van der Waals surface area (Å²) in [4.78, 5) is 11.0. The molecule has 4 rings (SSSR count). The Bertz CT molecular complexity index is 1030. The molecule has 3 N–H and O–H groups in total. The van der Waals surface area contributed by atoms with Gasteiger partial charge < -0.3 is 10.6 Å². The van der Waals surface area contributed by atoms with E-state index in [9.17, 15) is 0 Å². The average molecular weight is 426 g/mol. The molecule has 0 saturated carbocycles. The lowest BCUT2D eigenvalue weighted by molar-refractivity contribution is -0.0631. The Balaban J connectivity index is 1.51. The van der Waals surface area contributed by atoms with Gasteiger partial charge in [0.05, 0.1) is 6.04 Å². The van der Waals surface area contributed by atoms with Gasteiger partial charge in [0.25, 0.3) is 0 Å². The number of tetrazole rings is 1. The number of alkyl halides is 1. The molecule has 10 heteroatoms. The predicted molar refractivity (Wildman–Crippen MR) is 118 cm³/mol. The molecule has 0 bridgehead atoms. The van der Waals surface area contributed by atoms with Crippen molar-refractivity contribution in [1.29, 1.82) is 0 Å². The van der Waals surface area contributed by atoms with E-state index >= 15 is 4.39 Å². The number of piperidine rings is 1. The van der Waals surface area contributed by atoms with E-state index in [4.69, 9.17) is 0 Å². The van der Waals surface area contributed by atoms with Crippen LogP contribution in [0.15, 0.2) is 36.5 Å². The van der Waals surface area contributed by atoms with Gasteiger partial charge in [0.2, 0.25) is 5.95 Å². The zero-order valence-corrected chi connectivity index (χ0v) is 18.4. The molecule has 2 aromatic heterocycles. The number of anilines is 3. The Hall–Kier alpha value is -3.14. The number of likely N-dealkylation sites (tertiary alicyclic amines) is 1. The molecular weight excluding hydrogens is 397 g/mol. The van der Waals surface area contributed by atoms with Crippen LogP contribution < -0.4 is 10.6 Å². The number of aromatic nitrogens is 6. The number of rotatable bonds is 5. The maximum atomic E-state index is 15.3. The molecule has 0 spiro atoms. The topological polar surface area (TPSA) is 108 Å². The van der Waals surface area contributed by atoms with Crippen LogP contribution >= 0.6 is 0 Å². The molecule has 0 radical (unpaired) electrons. The van der Waals surface area contributed by atoms with Gasteiger partial charge in [0.1, 0.15) is 12.0 Å². The molecule has 0 amide bonds.